The topological polar surface area (TPSA) is 90.9 Å². The monoisotopic (exact) mass is 422 g/mol. The summed E-state index contributed by atoms with van der Waals surface area (Å²) in [5.74, 6) is -0.435. The van der Waals surface area contributed by atoms with Crippen LogP contribution in [0.2, 0.25) is 0 Å². The maximum absolute atomic E-state index is 12.3. The molecule has 0 fully saturated rings. The van der Waals surface area contributed by atoms with Crippen molar-refractivity contribution in [2.45, 2.75) is 24.4 Å². The van der Waals surface area contributed by atoms with Crippen LogP contribution < -0.4 is 10.6 Å². The number of hydrogen-bond acceptors (Lipinski definition) is 4. The average Bonchev–Trinajstić information content (AvgIpc) is 2.57. The van der Waals surface area contributed by atoms with Crippen LogP contribution in [0, 0.1) is 0 Å². The number of carbonyl (C=O) groups excluding carboxylic acids is 1. The molecule has 1 aromatic rings. The van der Waals surface area contributed by atoms with Gasteiger partial charge in [0.15, 0.2) is 15.8 Å². The van der Waals surface area contributed by atoms with Crippen molar-refractivity contribution >= 4 is 21.7 Å². The SMILES string of the molecule is CCNC(=NCC(=O)N(C)CC(F)(F)F)NCCc1ccc(S(C)(=O)=O)cc1. The molecule has 0 radical (unpaired) electrons. The van der Waals surface area contributed by atoms with Crippen molar-refractivity contribution in [2.75, 3.05) is 39.5 Å². The van der Waals surface area contributed by atoms with Gasteiger partial charge in [-0.3, -0.25) is 4.79 Å². The zero-order valence-electron chi connectivity index (χ0n) is 16.0. The highest BCUT2D eigenvalue weighted by atomic mass is 32.2. The van der Waals surface area contributed by atoms with E-state index in [2.05, 4.69) is 15.6 Å². The Kier molecular flexibility index (Phi) is 8.73. The Balaban J connectivity index is 2.58. The first-order valence-corrected chi connectivity index (χ1v) is 10.4. The molecule has 0 spiro atoms. The van der Waals surface area contributed by atoms with Crippen molar-refractivity contribution in [1.82, 2.24) is 15.5 Å². The number of nitrogens with zero attached hydrogens (tertiary/aromatic N) is 2. The molecule has 1 amide bonds. The average molecular weight is 422 g/mol. The van der Waals surface area contributed by atoms with Gasteiger partial charge in [-0.2, -0.15) is 13.2 Å². The van der Waals surface area contributed by atoms with E-state index in [1.165, 1.54) is 12.1 Å². The van der Waals surface area contributed by atoms with Gasteiger partial charge in [-0.25, -0.2) is 13.4 Å². The van der Waals surface area contributed by atoms with Gasteiger partial charge in [0.2, 0.25) is 5.91 Å². The number of likely N-dealkylation sites (N-methyl/N-ethyl adjacent to an activating group) is 1. The normalized spacial score (nSPS) is 12.6. The number of nitrogens with one attached hydrogen (secondary N) is 2. The van der Waals surface area contributed by atoms with Gasteiger partial charge in [0, 0.05) is 26.4 Å². The molecule has 0 saturated heterocycles. The number of amides is 1. The van der Waals surface area contributed by atoms with Crippen LogP contribution in [0.15, 0.2) is 34.2 Å². The van der Waals surface area contributed by atoms with Gasteiger partial charge in [-0.05, 0) is 31.0 Å². The molecule has 28 heavy (non-hydrogen) atoms. The van der Waals surface area contributed by atoms with Crippen molar-refractivity contribution in [3.8, 4) is 0 Å². The minimum atomic E-state index is -4.45. The number of aliphatic imine (C=N–C) groups is 1. The first-order valence-electron chi connectivity index (χ1n) is 8.54. The number of carbonyl (C=O) groups is 1. The zero-order chi connectivity index (χ0) is 21.4. The molecule has 0 atom stereocenters. The molecule has 0 aliphatic carbocycles. The fourth-order valence-electron chi connectivity index (χ4n) is 2.19. The van der Waals surface area contributed by atoms with E-state index in [9.17, 15) is 26.4 Å². The van der Waals surface area contributed by atoms with Gasteiger partial charge in [-0.15, -0.1) is 0 Å². The molecule has 1 rings (SSSR count). The van der Waals surface area contributed by atoms with Gasteiger partial charge in [-0.1, -0.05) is 12.1 Å². The van der Waals surface area contributed by atoms with Crippen molar-refractivity contribution < 1.29 is 26.4 Å². The Morgan fingerprint density at radius 2 is 1.79 bits per heavy atom. The molecule has 0 bridgehead atoms. The van der Waals surface area contributed by atoms with E-state index in [-0.39, 0.29) is 4.90 Å². The lowest BCUT2D eigenvalue weighted by Gasteiger charge is -2.18. The summed E-state index contributed by atoms with van der Waals surface area (Å²) in [7, 11) is -2.17. The second-order valence-electron chi connectivity index (χ2n) is 6.15. The van der Waals surface area contributed by atoms with Crippen molar-refractivity contribution in [3.63, 3.8) is 0 Å². The molecular formula is C17H25F3N4O3S. The third-order valence-electron chi connectivity index (χ3n) is 3.62. The van der Waals surface area contributed by atoms with Gasteiger partial charge in [0.05, 0.1) is 4.90 Å². The molecular weight excluding hydrogens is 397 g/mol. The Labute approximate surface area is 162 Å². The first-order chi connectivity index (χ1) is 12.9. The molecule has 0 aromatic heterocycles. The van der Waals surface area contributed by atoms with Crippen molar-refractivity contribution in [1.29, 1.82) is 0 Å². The molecule has 2 N–H and O–H groups in total. The van der Waals surface area contributed by atoms with Crippen molar-refractivity contribution in [2.24, 2.45) is 4.99 Å². The lowest BCUT2D eigenvalue weighted by Crippen LogP contribution is -2.40. The summed E-state index contributed by atoms with van der Waals surface area (Å²) in [6.45, 7) is 1.04. The summed E-state index contributed by atoms with van der Waals surface area (Å²) >= 11 is 0. The number of hydrogen-bond donors (Lipinski definition) is 2. The van der Waals surface area contributed by atoms with Gasteiger partial charge >= 0.3 is 6.18 Å². The number of rotatable bonds is 8. The Morgan fingerprint density at radius 1 is 1.18 bits per heavy atom. The molecule has 11 heteroatoms. The third-order valence-corrected chi connectivity index (χ3v) is 4.74. The summed E-state index contributed by atoms with van der Waals surface area (Å²) in [4.78, 5) is 16.6. The summed E-state index contributed by atoms with van der Waals surface area (Å²) in [6.07, 6.45) is -2.75. The number of benzene rings is 1. The molecule has 0 aliphatic rings. The van der Waals surface area contributed by atoms with E-state index in [0.29, 0.717) is 30.4 Å². The molecule has 0 aliphatic heterocycles. The summed E-state index contributed by atoms with van der Waals surface area (Å²) in [5, 5.41) is 5.89. The first kappa shape index (κ1) is 23.7. The molecule has 7 nitrogen and oxygen atoms in total. The number of sulfone groups is 1. The summed E-state index contributed by atoms with van der Waals surface area (Å²) in [6, 6.07) is 6.47. The molecule has 158 valence electrons. The largest absolute Gasteiger partial charge is 0.406 e. The fraction of sp³-hybridized carbons (Fsp3) is 0.529. The van der Waals surface area contributed by atoms with Crippen LogP contribution in [0.3, 0.4) is 0 Å². The van der Waals surface area contributed by atoms with E-state index in [0.717, 1.165) is 18.9 Å². The number of halogens is 3. The van der Waals surface area contributed by atoms with Crippen LogP contribution in [0.25, 0.3) is 0 Å². The third kappa shape index (κ3) is 9.07. The van der Waals surface area contributed by atoms with Crippen LogP contribution in [0.1, 0.15) is 12.5 Å². The van der Waals surface area contributed by atoms with Crippen molar-refractivity contribution in [3.05, 3.63) is 29.8 Å². The quantitative estimate of drug-likeness (QED) is 0.486. The Morgan fingerprint density at radius 3 is 2.29 bits per heavy atom. The minimum absolute atomic E-state index is 0.237. The maximum Gasteiger partial charge on any atom is 0.406 e. The highest BCUT2D eigenvalue weighted by Gasteiger charge is 2.31. The smallest absolute Gasteiger partial charge is 0.357 e. The maximum atomic E-state index is 12.3. The molecule has 0 heterocycles. The predicted octanol–water partition coefficient (Wildman–Crippen LogP) is 1.21. The fourth-order valence-corrected chi connectivity index (χ4v) is 2.83. The van der Waals surface area contributed by atoms with Gasteiger partial charge in [0.1, 0.15) is 13.1 Å². The second kappa shape index (κ2) is 10.3. The molecule has 0 unspecified atom stereocenters. The van der Waals surface area contributed by atoms with Crippen LogP contribution >= 0.6 is 0 Å². The van der Waals surface area contributed by atoms with Crippen LogP contribution in [-0.4, -0.2) is 70.8 Å². The van der Waals surface area contributed by atoms with E-state index in [1.807, 2.05) is 6.92 Å². The van der Waals surface area contributed by atoms with Gasteiger partial charge < -0.3 is 15.5 Å². The molecule has 1 aromatic carbocycles. The molecule has 0 saturated carbocycles. The Hall–Kier alpha value is -2.30. The minimum Gasteiger partial charge on any atom is -0.357 e. The van der Waals surface area contributed by atoms with Crippen LogP contribution in [0.5, 0.6) is 0 Å². The highest BCUT2D eigenvalue weighted by Crippen LogP contribution is 2.15. The van der Waals surface area contributed by atoms with Gasteiger partial charge in [0.25, 0.3) is 0 Å². The van der Waals surface area contributed by atoms with E-state index in [1.54, 1.807) is 12.1 Å². The number of alkyl halides is 3. The van der Waals surface area contributed by atoms with E-state index < -0.39 is 35.0 Å². The summed E-state index contributed by atoms with van der Waals surface area (Å²) < 4.78 is 59.8. The second-order valence-corrected chi connectivity index (χ2v) is 8.17. The lowest BCUT2D eigenvalue weighted by molar-refractivity contribution is -0.157. The zero-order valence-corrected chi connectivity index (χ0v) is 16.8. The highest BCUT2D eigenvalue weighted by molar-refractivity contribution is 7.90. The number of guanidine groups is 1. The lowest BCUT2D eigenvalue weighted by atomic mass is 10.1. The summed E-state index contributed by atoms with van der Waals surface area (Å²) in [5.41, 5.74) is 0.900. The Bertz CT molecular complexity index is 778. The standard InChI is InChI=1S/C17H25F3N4O3S/c1-4-21-16(23-11-15(25)24(2)12-17(18,19)20)22-10-9-13-5-7-14(8-6-13)28(3,26)27/h5-8H,4,9-12H2,1-3H3,(H2,21,22,23). The van der Waals surface area contributed by atoms with E-state index in [4.69, 9.17) is 0 Å². The predicted molar refractivity (Wildman–Crippen MR) is 101 cm³/mol. The van der Waals surface area contributed by atoms with Crippen LogP contribution in [0.4, 0.5) is 13.2 Å². The van der Waals surface area contributed by atoms with E-state index >= 15 is 0 Å². The van der Waals surface area contributed by atoms with Crippen LogP contribution in [-0.2, 0) is 21.1 Å².